The number of carbonyl (C=O) groups excluding carboxylic acids is 1. The van der Waals surface area contributed by atoms with Gasteiger partial charge in [0, 0.05) is 26.2 Å². The molecule has 7 nitrogen and oxygen atoms in total. The lowest BCUT2D eigenvalue weighted by Gasteiger charge is -2.18. The lowest BCUT2D eigenvalue weighted by molar-refractivity contribution is 0.0649. The van der Waals surface area contributed by atoms with E-state index in [0.717, 1.165) is 6.07 Å². The van der Waals surface area contributed by atoms with Gasteiger partial charge in [-0.25, -0.2) is 4.79 Å². The second-order valence-corrected chi connectivity index (χ2v) is 3.91. The van der Waals surface area contributed by atoms with E-state index in [1.165, 1.54) is 4.90 Å². The van der Waals surface area contributed by atoms with Gasteiger partial charge in [0.2, 0.25) is 5.76 Å². The first-order valence-electron chi connectivity index (χ1n) is 5.02. The molecule has 94 valence electrons. The summed E-state index contributed by atoms with van der Waals surface area (Å²) < 4.78 is 4.52. The van der Waals surface area contributed by atoms with E-state index in [0.29, 0.717) is 13.1 Å². The van der Waals surface area contributed by atoms with E-state index in [-0.39, 0.29) is 17.4 Å². The van der Waals surface area contributed by atoms with Crippen LogP contribution in [0.1, 0.15) is 21.0 Å². The molecule has 0 aliphatic rings. The van der Waals surface area contributed by atoms with Gasteiger partial charge in [-0.3, -0.25) is 4.79 Å². The molecule has 7 heteroatoms. The third-order valence-corrected chi connectivity index (χ3v) is 2.17. The normalized spacial score (nSPS) is 10.6. The van der Waals surface area contributed by atoms with Gasteiger partial charge in [-0.1, -0.05) is 5.16 Å². The number of amides is 1. The quantitative estimate of drug-likeness (QED) is 0.781. The van der Waals surface area contributed by atoms with Crippen molar-refractivity contribution in [2.45, 2.75) is 0 Å². The average molecular weight is 241 g/mol. The Bertz CT molecular complexity index is 413. The summed E-state index contributed by atoms with van der Waals surface area (Å²) >= 11 is 0. The summed E-state index contributed by atoms with van der Waals surface area (Å²) in [4.78, 5) is 25.7. The van der Waals surface area contributed by atoms with Crippen LogP contribution in [0, 0.1) is 0 Å². The van der Waals surface area contributed by atoms with Crippen molar-refractivity contribution in [3.63, 3.8) is 0 Å². The largest absolute Gasteiger partial charge is 0.475 e. The van der Waals surface area contributed by atoms with Crippen LogP contribution in [-0.4, -0.2) is 66.2 Å². The molecule has 0 spiro atoms. The predicted molar refractivity (Wildman–Crippen MR) is 59.0 cm³/mol. The van der Waals surface area contributed by atoms with E-state index in [1.54, 1.807) is 7.05 Å². The molecule has 1 N–H and O–H groups in total. The SMILES string of the molecule is CN(C)CCN(C)C(=O)c1cc(C(=O)O)on1. The maximum absolute atomic E-state index is 11.8. The van der Waals surface area contributed by atoms with Crippen LogP contribution in [0.4, 0.5) is 0 Å². The summed E-state index contributed by atoms with van der Waals surface area (Å²) in [5.41, 5.74) is 0.00339. The topological polar surface area (TPSA) is 86.9 Å². The number of carboxylic acids is 1. The van der Waals surface area contributed by atoms with Crippen LogP contribution in [0.25, 0.3) is 0 Å². The number of carboxylic acid groups (broad SMARTS) is 1. The lowest BCUT2D eigenvalue weighted by atomic mass is 10.3. The molecule has 0 unspecified atom stereocenters. The standard InChI is InChI=1S/C10H15N3O4/c1-12(2)4-5-13(3)9(14)7-6-8(10(15)16)17-11-7/h6H,4-5H2,1-3H3,(H,15,16). The summed E-state index contributed by atoms with van der Waals surface area (Å²) in [5, 5.41) is 12.1. The highest BCUT2D eigenvalue weighted by Gasteiger charge is 2.19. The van der Waals surface area contributed by atoms with Crippen molar-refractivity contribution in [1.82, 2.24) is 15.0 Å². The first-order valence-corrected chi connectivity index (χ1v) is 5.02. The number of nitrogens with zero attached hydrogens (tertiary/aromatic N) is 3. The van der Waals surface area contributed by atoms with Gasteiger partial charge in [-0.2, -0.15) is 0 Å². The van der Waals surface area contributed by atoms with Crippen LogP contribution in [0.2, 0.25) is 0 Å². The molecule has 0 bridgehead atoms. The third kappa shape index (κ3) is 3.56. The Labute approximate surface area is 98.6 Å². The van der Waals surface area contributed by atoms with E-state index in [9.17, 15) is 9.59 Å². The van der Waals surface area contributed by atoms with Crippen molar-refractivity contribution in [2.24, 2.45) is 0 Å². The Kier molecular flexibility index (Phi) is 4.22. The van der Waals surface area contributed by atoms with Gasteiger partial charge in [-0.15, -0.1) is 0 Å². The van der Waals surface area contributed by atoms with Gasteiger partial charge >= 0.3 is 5.97 Å². The molecule has 0 atom stereocenters. The van der Waals surface area contributed by atoms with E-state index >= 15 is 0 Å². The van der Waals surface area contributed by atoms with Crippen molar-refractivity contribution in [3.05, 3.63) is 17.5 Å². The third-order valence-electron chi connectivity index (χ3n) is 2.17. The maximum atomic E-state index is 11.8. The van der Waals surface area contributed by atoms with E-state index in [4.69, 9.17) is 5.11 Å². The Morgan fingerprint density at radius 1 is 1.35 bits per heavy atom. The highest BCUT2D eigenvalue weighted by molar-refractivity contribution is 5.94. The highest BCUT2D eigenvalue weighted by Crippen LogP contribution is 2.06. The predicted octanol–water partition coefficient (Wildman–Crippen LogP) is 0.00640. The second kappa shape index (κ2) is 5.44. The van der Waals surface area contributed by atoms with Gasteiger partial charge in [0.05, 0.1) is 0 Å². The molecular formula is C10H15N3O4. The number of rotatable bonds is 5. The molecule has 0 saturated carbocycles. The summed E-state index contributed by atoms with van der Waals surface area (Å²) in [6, 6.07) is 1.12. The Hall–Kier alpha value is -1.89. The minimum atomic E-state index is -1.24. The van der Waals surface area contributed by atoms with Gasteiger partial charge in [0.25, 0.3) is 5.91 Å². The fourth-order valence-corrected chi connectivity index (χ4v) is 1.12. The molecule has 0 aliphatic heterocycles. The van der Waals surface area contributed by atoms with Crippen molar-refractivity contribution in [3.8, 4) is 0 Å². The Balaban J connectivity index is 2.65. The first kappa shape index (κ1) is 13.2. The van der Waals surface area contributed by atoms with Gasteiger partial charge in [0.1, 0.15) is 0 Å². The molecule has 0 fully saturated rings. The number of carbonyl (C=O) groups is 2. The summed E-state index contributed by atoms with van der Waals surface area (Å²) in [7, 11) is 5.43. The zero-order chi connectivity index (χ0) is 13.0. The van der Waals surface area contributed by atoms with Crippen LogP contribution < -0.4 is 0 Å². The van der Waals surface area contributed by atoms with Crippen molar-refractivity contribution < 1.29 is 19.2 Å². The van der Waals surface area contributed by atoms with Crippen molar-refractivity contribution >= 4 is 11.9 Å². The Morgan fingerprint density at radius 3 is 2.47 bits per heavy atom. The first-order chi connectivity index (χ1) is 7.91. The van der Waals surface area contributed by atoms with Gasteiger partial charge in [0.15, 0.2) is 5.69 Å². The Morgan fingerprint density at radius 2 is 2.00 bits per heavy atom. The van der Waals surface area contributed by atoms with Crippen LogP contribution in [0.5, 0.6) is 0 Å². The minimum Gasteiger partial charge on any atom is -0.475 e. The molecule has 1 amide bonds. The molecule has 0 aliphatic carbocycles. The van der Waals surface area contributed by atoms with Crippen LogP contribution >= 0.6 is 0 Å². The van der Waals surface area contributed by atoms with E-state index in [1.807, 2.05) is 19.0 Å². The monoisotopic (exact) mass is 241 g/mol. The zero-order valence-electron chi connectivity index (χ0n) is 10.0. The van der Waals surface area contributed by atoms with Crippen LogP contribution in [0.3, 0.4) is 0 Å². The summed E-state index contributed by atoms with van der Waals surface area (Å²) in [6.07, 6.45) is 0. The molecule has 1 heterocycles. The van der Waals surface area contributed by atoms with Crippen LogP contribution in [-0.2, 0) is 0 Å². The lowest BCUT2D eigenvalue weighted by Crippen LogP contribution is -2.33. The average Bonchev–Trinajstić information content (AvgIpc) is 2.73. The van der Waals surface area contributed by atoms with Crippen molar-refractivity contribution in [2.75, 3.05) is 34.2 Å². The minimum absolute atomic E-state index is 0.00339. The number of aromatic carboxylic acids is 1. The maximum Gasteiger partial charge on any atom is 0.374 e. The number of hydrogen-bond donors (Lipinski definition) is 1. The van der Waals surface area contributed by atoms with E-state index in [2.05, 4.69) is 9.68 Å². The van der Waals surface area contributed by atoms with E-state index < -0.39 is 5.97 Å². The smallest absolute Gasteiger partial charge is 0.374 e. The molecule has 0 radical (unpaired) electrons. The molecule has 0 saturated heterocycles. The number of aromatic nitrogens is 1. The summed E-state index contributed by atoms with van der Waals surface area (Å²) in [5.74, 6) is -1.94. The second-order valence-electron chi connectivity index (χ2n) is 3.91. The summed E-state index contributed by atoms with van der Waals surface area (Å²) in [6.45, 7) is 1.24. The van der Waals surface area contributed by atoms with Gasteiger partial charge in [-0.05, 0) is 14.1 Å². The molecule has 1 aromatic rings. The molecule has 1 rings (SSSR count). The number of hydrogen-bond acceptors (Lipinski definition) is 5. The molecule has 1 aromatic heterocycles. The highest BCUT2D eigenvalue weighted by atomic mass is 16.5. The molecule has 0 aromatic carbocycles. The fraction of sp³-hybridized carbons (Fsp3) is 0.500. The number of likely N-dealkylation sites (N-methyl/N-ethyl adjacent to an activating group) is 2. The molecule has 17 heavy (non-hydrogen) atoms. The van der Waals surface area contributed by atoms with Gasteiger partial charge < -0.3 is 19.4 Å². The van der Waals surface area contributed by atoms with Crippen LogP contribution in [0.15, 0.2) is 10.6 Å². The fourth-order valence-electron chi connectivity index (χ4n) is 1.12. The van der Waals surface area contributed by atoms with Crippen molar-refractivity contribution in [1.29, 1.82) is 0 Å². The zero-order valence-corrected chi connectivity index (χ0v) is 10.0. The molecular weight excluding hydrogens is 226 g/mol.